The summed E-state index contributed by atoms with van der Waals surface area (Å²) in [5.74, 6) is 1.24. The third-order valence-electron chi connectivity index (χ3n) is 5.64. The molecule has 0 saturated heterocycles. The van der Waals surface area contributed by atoms with E-state index in [1.807, 2.05) is 66.7 Å². The molecule has 0 aliphatic rings. The zero-order valence-corrected chi connectivity index (χ0v) is 18.8. The van der Waals surface area contributed by atoms with E-state index in [0.29, 0.717) is 22.4 Å². The van der Waals surface area contributed by atoms with Gasteiger partial charge in [-0.2, -0.15) is 4.68 Å². The van der Waals surface area contributed by atoms with Crippen LogP contribution in [0.4, 0.5) is 0 Å². The number of aromatic nitrogens is 4. The van der Waals surface area contributed by atoms with E-state index in [9.17, 15) is 4.79 Å². The lowest BCUT2D eigenvalue weighted by atomic mass is 10.1. The Morgan fingerprint density at radius 3 is 2.50 bits per heavy atom. The molecule has 2 heterocycles. The van der Waals surface area contributed by atoms with Crippen molar-refractivity contribution in [3.63, 3.8) is 0 Å². The molecule has 0 unspecified atom stereocenters. The molecule has 0 N–H and O–H groups in total. The number of carbonyl (C=O) groups is 1. The Kier molecular flexibility index (Phi) is 6.16. The van der Waals surface area contributed by atoms with Crippen LogP contribution in [0, 0.1) is 0 Å². The fourth-order valence-electron chi connectivity index (χ4n) is 3.73. The molecular weight excluding hydrogens is 428 g/mol. The number of para-hydroxylation sites is 1. The molecule has 5 aromatic rings. The van der Waals surface area contributed by atoms with Gasteiger partial charge in [0.25, 0.3) is 5.91 Å². The highest BCUT2D eigenvalue weighted by atomic mass is 16.5. The van der Waals surface area contributed by atoms with Crippen molar-refractivity contribution in [3.05, 3.63) is 84.4 Å². The van der Waals surface area contributed by atoms with Crippen LogP contribution in [0.1, 0.15) is 36.5 Å². The van der Waals surface area contributed by atoms with Gasteiger partial charge in [0.15, 0.2) is 5.76 Å². The maximum Gasteiger partial charge on any atom is 0.280 e. The van der Waals surface area contributed by atoms with Crippen LogP contribution in [0.25, 0.3) is 33.6 Å². The van der Waals surface area contributed by atoms with Crippen LogP contribution >= 0.6 is 0 Å². The van der Waals surface area contributed by atoms with Gasteiger partial charge in [0.05, 0.1) is 12.1 Å². The molecule has 3 aromatic carbocycles. The number of rotatable bonds is 8. The quantitative estimate of drug-likeness (QED) is 0.268. The van der Waals surface area contributed by atoms with Gasteiger partial charge in [-0.1, -0.05) is 54.4 Å². The lowest BCUT2D eigenvalue weighted by Gasteiger charge is -2.05. The molecule has 7 heteroatoms. The number of unbranched alkanes of at least 4 members (excludes halogenated alkanes) is 2. The largest absolute Gasteiger partial charge is 0.494 e. The Morgan fingerprint density at radius 1 is 0.941 bits per heavy atom. The fraction of sp³-hybridized carbons (Fsp3) is 0.185. The molecule has 0 aliphatic heterocycles. The van der Waals surface area contributed by atoms with E-state index in [1.54, 1.807) is 12.1 Å². The lowest BCUT2D eigenvalue weighted by Crippen LogP contribution is -2.13. The van der Waals surface area contributed by atoms with E-state index in [1.165, 1.54) is 17.5 Å². The second-order valence-electron chi connectivity index (χ2n) is 8.03. The number of nitrogens with zero attached hydrogens (tertiary/aromatic N) is 4. The number of ether oxygens (including phenoxy) is 1. The first-order valence-corrected chi connectivity index (χ1v) is 11.4. The van der Waals surface area contributed by atoms with E-state index in [2.05, 4.69) is 22.4 Å². The Labute approximate surface area is 197 Å². The first-order chi connectivity index (χ1) is 16.7. The summed E-state index contributed by atoms with van der Waals surface area (Å²) in [5, 5.41) is 12.3. The summed E-state index contributed by atoms with van der Waals surface area (Å²) in [7, 11) is 0. The number of carbonyl (C=O) groups excluding carboxylic acids is 1. The Balaban J connectivity index is 1.28. The number of hydrogen-bond acceptors (Lipinski definition) is 6. The molecule has 7 nitrogen and oxygen atoms in total. The van der Waals surface area contributed by atoms with E-state index in [-0.39, 0.29) is 5.91 Å². The zero-order chi connectivity index (χ0) is 23.3. The van der Waals surface area contributed by atoms with Crippen molar-refractivity contribution < 1.29 is 14.1 Å². The van der Waals surface area contributed by atoms with Crippen LogP contribution < -0.4 is 4.74 Å². The fourth-order valence-corrected chi connectivity index (χ4v) is 3.73. The van der Waals surface area contributed by atoms with Crippen molar-refractivity contribution in [2.45, 2.75) is 26.2 Å². The minimum Gasteiger partial charge on any atom is -0.494 e. The molecule has 0 saturated carbocycles. The topological polar surface area (TPSA) is 83.0 Å². The minimum atomic E-state index is -0.240. The van der Waals surface area contributed by atoms with Gasteiger partial charge in [-0.3, -0.25) is 4.79 Å². The third kappa shape index (κ3) is 4.45. The van der Waals surface area contributed by atoms with Crippen molar-refractivity contribution >= 4 is 16.9 Å². The number of benzene rings is 3. The van der Waals surface area contributed by atoms with Crippen LogP contribution in [-0.2, 0) is 0 Å². The first kappa shape index (κ1) is 21.6. The van der Waals surface area contributed by atoms with Crippen molar-refractivity contribution in [2.75, 3.05) is 6.61 Å². The highest BCUT2D eigenvalue weighted by molar-refractivity contribution is 6.00. The molecule has 0 aliphatic carbocycles. The second kappa shape index (κ2) is 9.70. The summed E-state index contributed by atoms with van der Waals surface area (Å²) in [5.41, 5.74) is 4.37. The lowest BCUT2D eigenvalue weighted by molar-refractivity contribution is 0.0948. The normalized spacial score (nSPS) is 11.1. The van der Waals surface area contributed by atoms with Gasteiger partial charge in [-0.05, 0) is 55.0 Å². The molecule has 0 amide bonds. The maximum atomic E-state index is 12.9. The van der Waals surface area contributed by atoms with Gasteiger partial charge in [-0.25, -0.2) is 0 Å². The van der Waals surface area contributed by atoms with Gasteiger partial charge in [0.2, 0.25) is 0 Å². The zero-order valence-electron chi connectivity index (χ0n) is 18.8. The Morgan fingerprint density at radius 2 is 1.71 bits per heavy atom. The standard InChI is InChI=1S/C27H24N4O3/c1-2-3-6-17-33-22-15-13-19(14-16-22)24-18-26(34-29-24)20-9-11-21(12-10-20)27(32)31-25-8-5-4-7-23(25)28-30-31/h4-5,7-16,18H,2-3,6,17H2,1H3. The number of fused-ring (bicyclic) bond motifs is 1. The van der Waals surface area contributed by atoms with Crippen LogP contribution in [0.5, 0.6) is 5.75 Å². The van der Waals surface area contributed by atoms with Crippen LogP contribution in [-0.4, -0.2) is 32.7 Å². The molecule has 2 aromatic heterocycles. The molecular formula is C27H24N4O3. The summed E-state index contributed by atoms with van der Waals surface area (Å²) in [6, 6.07) is 24.3. The van der Waals surface area contributed by atoms with Crippen molar-refractivity contribution in [2.24, 2.45) is 0 Å². The summed E-state index contributed by atoms with van der Waals surface area (Å²) in [6.45, 7) is 2.91. The average molecular weight is 453 g/mol. The van der Waals surface area contributed by atoms with E-state index >= 15 is 0 Å². The van der Waals surface area contributed by atoms with Gasteiger partial charge in [-0.15, -0.1) is 5.10 Å². The van der Waals surface area contributed by atoms with Crippen LogP contribution in [0.2, 0.25) is 0 Å². The van der Waals surface area contributed by atoms with E-state index in [4.69, 9.17) is 9.26 Å². The maximum absolute atomic E-state index is 12.9. The summed E-state index contributed by atoms with van der Waals surface area (Å²) in [6.07, 6.45) is 3.41. The molecule has 0 atom stereocenters. The SMILES string of the molecule is CCCCCOc1ccc(-c2cc(-c3ccc(C(=O)n4nnc5ccccc54)cc3)on2)cc1. The van der Waals surface area contributed by atoms with Crippen molar-refractivity contribution in [1.29, 1.82) is 0 Å². The van der Waals surface area contributed by atoms with Gasteiger partial charge >= 0.3 is 0 Å². The predicted molar refractivity (Wildman–Crippen MR) is 130 cm³/mol. The molecule has 0 spiro atoms. The highest BCUT2D eigenvalue weighted by Crippen LogP contribution is 2.28. The first-order valence-electron chi connectivity index (χ1n) is 11.4. The molecule has 0 fully saturated rings. The highest BCUT2D eigenvalue weighted by Gasteiger charge is 2.15. The summed E-state index contributed by atoms with van der Waals surface area (Å²) in [4.78, 5) is 12.9. The van der Waals surface area contributed by atoms with Crippen molar-refractivity contribution in [3.8, 4) is 28.3 Å². The van der Waals surface area contributed by atoms with Gasteiger partial charge < -0.3 is 9.26 Å². The van der Waals surface area contributed by atoms with Crippen LogP contribution in [0.15, 0.2) is 83.4 Å². The van der Waals surface area contributed by atoms with Gasteiger partial charge in [0.1, 0.15) is 17.0 Å². The minimum absolute atomic E-state index is 0.240. The molecule has 5 rings (SSSR count). The monoisotopic (exact) mass is 452 g/mol. The summed E-state index contributed by atoms with van der Waals surface area (Å²) < 4.78 is 12.7. The predicted octanol–water partition coefficient (Wildman–Crippen LogP) is 6.01. The second-order valence-corrected chi connectivity index (χ2v) is 8.03. The van der Waals surface area contributed by atoms with Crippen LogP contribution in [0.3, 0.4) is 0 Å². The van der Waals surface area contributed by atoms with E-state index < -0.39 is 0 Å². The van der Waals surface area contributed by atoms with Gasteiger partial charge in [0, 0.05) is 22.8 Å². The molecule has 0 bridgehead atoms. The molecule has 0 radical (unpaired) electrons. The molecule has 34 heavy (non-hydrogen) atoms. The Bertz CT molecular complexity index is 1400. The third-order valence-corrected chi connectivity index (χ3v) is 5.64. The summed E-state index contributed by atoms with van der Waals surface area (Å²) >= 11 is 0. The van der Waals surface area contributed by atoms with E-state index in [0.717, 1.165) is 35.6 Å². The average Bonchev–Trinajstić information content (AvgIpc) is 3.55. The number of hydrogen-bond donors (Lipinski definition) is 0. The van der Waals surface area contributed by atoms with Crippen molar-refractivity contribution in [1.82, 2.24) is 20.2 Å². The smallest absolute Gasteiger partial charge is 0.280 e. The molecule has 170 valence electrons. The Hall–Kier alpha value is -4.26.